The van der Waals surface area contributed by atoms with Crippen molar-refractivity contribution in [3.05, 3.63) is 29.8 Å². The first-order chi connectivity index (χ1) is 7.83. The van der Waals surface area contributed by atoms with Crippen LogP contribution < -0.4 is 3.58 Å². The van der Waals surface area contributed by atoms with Gasteiger partial charge in [0.05, 0.1) is 0 Å². The molecule has 0 aliphatic carbocycles. The van der Waals surface area contributed by atoms with E-state index in [0.717, 1.165) is 0 Å². The van der Waals surface area contributed by atoms with Gasteiger partial charge in [0.15, 0.2) is 0 Å². The van der Waals surface area contributed by atoms with Crippen LogP contribution in [0.4, 0.5) is 0 Å². The molecule has 0 aromatic heterocycles. The predicted octanol–water partition coefficient (Wildman–Crippen LogP) is 3.57. The van der Waals surface area contributed by atoms with Gasteiger partial charge in [0, 0.05) is 0 Å². The van der Waals surface area contributed by atoms with Crippen LogP contribution in [-0.2, 0) is 0 Å². The van der Waals surface area contributed by atoms with Gasteiger partial charge >= 0.3 is 111 Å². The summed E-state index contributed by atoms with van der Waals surface area (Å²) in [5, 5.41) is 0. The predicted molar refractivity (Wildman–Crippen MR) is 77.5 cm³/mol. The van der Waals surface area contributed by atoms with Gasteiger partial charge in [-0.25, -0.2) is 0 Å². The van der Waals surface area contributed by atoms with E-state index in [1.807, 2.05) is 0 Å². The van der Waals surface area contributed by atoms with Gasteiger partial charge < -0.3 is 0 Å². The molecule has 0 unspecified atom stereocenters. The average molecular weight is 325 g/mol. The van der Waals surface area contributed by atoms with Crippen LogP contribution >= 0.6 is 0 Å². The Morgan fingerprint density at radius 1 is 0.875 bits per heavy atom. The minimum absolute atomic E-state index is 0.594. The Bertz CT molecular complexity index is 263. The van der Waals surface area contributed by atoms with Crippen LogP contribution in [-0.4, -0.2) is 21.1 Å². The van der Waals surface area contributed by atoms with E-state index in [-0.39, 0.29) is 0 Å². The fourth-order valence-corrected chi connectivity index (χ4v) is 6.55. The molecule has 0 bridgehead atoms. The van der Waals surface area contributed by atoms with E-state index in [1.165, 1.54) is 44.1 Å². The van der Waals surface area contributed by atoms with Crippen molar-refractivity contribution in [3.8, 4) is 0 Å². The molecule has 90 valence electrons. The van der Waals surface area contributed by atoms with Gasteiger partial charge in [-0.2, -0.15) is 0 Å². The monoisotopic (exact) mass is 326 g/mol. The first-order valence-corrected chi connectivity index (χ1v) is 11.8. The number of benzene rings is 1. The van der Waals surface area contributed by atoms with Crippen LogP contribution in [0.1, 0.15) is 51.0 Å². The standard InChI is InChI=1S/C8H17.C7H7.Sn.2H/c1-3-5-7-8-6-4-2;1-7-5-3-2-4-6-7;;;/h1,3-8H2,2H3;3-6H,1H3;;;. The number of unbranched alkanes of at least 4 members (excludes halogenated alkanes) is 5. The quantitative estimate of drug-likeness (QED) is 0.506. The maximum absolute atomic E-state index is 2.36. The first-order valence-electron chi connectivity index (χ1n) is 6.88. The van der Waals surface area contributed by atoms with Crippen LogP contribution in [0, 0.1) is 6.92 Å². The molecule has 0 fully saturated rings. The molecule has 0 saturated heterocycles. The molecule has 0 aliphatic heterocycles. The number of aryl methyl sites for hydroxylation is 1. The van der Waals surface area contributed by atoms with Crippen molar-refractivity contribution in [1.82, 2.24) is 0 Å². The second-order valence-corrected chi connectivity index (χ2v) is 10.6. The summed E-state index contributed by atoms with van der Waals surface area (Å²) in [4.78, 5) is 0. The van der Waals surface area contributed by atoms with Crippen molar-refractivity contribution in [3.63, 3.8) is 0 Å². The number of hydrogen-bond donors (Lipinski definition) is 0. The molecule has 0 amide bonds. The summed E-state index contributed by atoms with van der Waals surface area (Å²) < 4.78 is 3.28. The molecule has 0 radical (unpaired) electrons. The SMILES string of the molecule is CCCCCCC[CH2][SnH2][c]1ccc(C)cc1. The van der Waals surface area contributed by atoms with Gasteiger partial charge in [-0.15, -0.1) is 0 Å². The second-order valence-electron chi connectivity index (χ2n) is 4.86. The minimum atomic E-state index is -0.594. The first kappa shape index (κ1) is 14.1. The molecule has 1 aromatic carbocycles. The van der Waals surface area contributed by atoms with Gasteiger partial charge in [-0.05, 0) is 0 Å². The molecule has 1 rings (SSSR count). The van der Waals surface area contributed by atoms with Crippen LogP contribution in [0.15, 0.2) is 24.3 Å². The summed E-state index contributed by atoms with van der Waals surface area (Å²) in [5.74, 6) is 0. The van der Waals surface area contributed by atoms with E-state index >= 15 is 0 Å². The Morgan fingerprint density at radius 3 is 2.19 bits per heavy atom. The summed E-state index contributed by atoms with van der Waals surface area (Å²) in [5.41, 5.74) is 1.40. The third kappa shape index (κ3) is 6.57. The van der Waals surface area contributed by atoms with Crippen LogP contribution in [0.3, 0.4) is 0 Å². The normalized spacial score (nSPS) is 11.4. The van der Waals surface area contributed by atoms with Crippen LogP contribution in [0.2, 0.25) is 4.44 Å². The Morgan fingerprint density at radius 2 is 1.50 bits per heavy atom. The average Bonchev–Trinajstić information content (AvgIpc) is 2.30. The molecule has 0 spiro atoms. The molecule has 1 aromatic rings. The van der Waals surface area contributed by atoms with Crippen molar-refractivity contribution in [2.75, 3.05) is 0 Å². The zero-order valence-electron chi connectivity index (χ0n) is 11.0. The Kier molecular flexibility index (Phi) is 8.00. The summed E-state index contributed by atoms with van der Waals surface area (Å²) in [6, 6.07) is 9.27. The van der Waals surface area contributed by atoms with Crippen molar-refractivity contribution in [2.24, 2.45) is 0 Å². The van der Waals surface area contributed by atoms with E-state index in [2.05, 4.69) is 38.1 Å². The molecular formula is C15H26Sn. The molecule has 0 atom stereocenters. The second kappa shape index (κ2) is 9.09. The molecule has 0 aliphatic rings. The van der Waals surface area contributed by atoms with Gasteiger partial charge in [0.25, 0.3) is 0 Å². The van der Waals surface area contributed by atoms with E-state index in [4.69, 9.17) is 0 Å². The molecule has 1 heteroatoms. The van der Waals surface area contributed by atoms with E-state index in [0.29, 0.717) is 0 Å². The zero-order valence-corrected chi connectivity index (χ0v) is 15.0. The van der Waals surface area contributed by atoms with Crippen molar-refractivity contribution >= 4 is 24.7 Å². The van der Waals surface area contributed by atoms with E-state index in [1.54, 1.807) is 8.02 Å². The van der Waals surface area contributed by atoms with Crippen molar-refractivity contribution in [1.29, 1.82) is 0 Å². The van der Waals surface area contributed by atoms with Gasteiger partial charge in [0.2, 0.25) is 0 Å². The van der Waals surface area contributed by atoms with Crippen molar-refractivity contribution in [2.45, 2.75) is 56.8 Å². The third-order valence-electron chi connectivity index (χ3n) is 3.19. The Hall–Kier alpha value is 0.0187. The van der Waals surface area contributed by atoms with E-state index < -0.39 is 21.1 Å². The fraction of sp³-hybridized carbons (Fsp3) is 0.600. The molecule has 16 heavy (non-hydrogen) atoms. The number of rotatable bonds is 8. The van der Waals surface area contributed by atoms with Gasteiger partial charge in [-0.1, -0.05) is 0 Å². The molecular weight excluding hydrogens is 299 g/mol. The van der Waals surface area contributed by atoms with Gasteiger partial charge in [0.1, 0.15) is 0 Å². The fourth-order valence-electron chi connectivity index (χ4n) is 2.04. The Balaban J connectivity index is 2.01. The van der Waals surface area contributed by atoms with E-state index in [9.17, 15) is 0 Å². The molecule has 0 nitrogen and oxygen atoms in total. The summed E-state index contributed by atoms with van der Waals surface area (Å²) >= 11 is -0.594. The number of hydrogen-bond acceptors (Lipinski definition) is 0. The molecule has 0 heterocycles. The van der Waals surface area contributed by atoms with Crippen molar-refractivity contribution < 1.29 is 0 Å². The van der Waals surface area contributed by atoms with Crippen LogP contribution in [0.25, 0.3) is 0 Å². The third-order valence-corrected chi connectivity index (χ3v) is 8.62. The molecule has 0 N–H and O–H groups in total. The topological polar surface area (TPSA) is 0 Å². The summed E-state index contributed by atoms with van der Waals surface area (Å²) in [6.45, 7) is 4.46. The summed E-state index contributed by atoms with van der Waals surface area (Å²) in [7, 11) is 0. The van der Waals surface area contributed by atoms with Gasteiger partial charge in [-0.3, -0.25) is 0 Å². The van der Waals surface area contributed by atoms with Crippen LogP contribution in [0.5, 0.6) is 0 Å². The maximum atomic E-state index is 2.36. The molecule has 0 saturated carbocycles. The zero-order chi connectivity index (χ0) is 11.6. The Labute approximate surface area is 111 Å². The summed E-state index contributed by atoms with van der Waals surface area (Å²) in [6.07, 6.45) is 8.68.